The molecule has 0 fully saturated rings. The molecule has 0 heterocycles. The Morgan fingerprint density at radius 2 is 1.62 bits per heavy atom. The van der Waals surface area contributed by atoms with Gasteiger partial charge >= 0.3 is 12.0 Å². The second-order valence-electron chi connectivity index (χ2n) is 4.88. The average Bonchev–Trinajstić information content (AvgIpc) is 2.39. The van der Waals surface area contributed by atoms with E-state index in [2.05, 4.69) is 16.0 Å². The SMILES string of the molecule is CC(C)CNC(=O)CN(C)C(=O)NCC(=O)NCC(=O)O. The summed E-state index contributed by atoms with van der Waals surface area (Å²) >= 11 is 0. The smallest absolute Gasteiger partial charge is 0.322 e. The topological polar surface area (TPSA) is 128 Å². The van der Waals surface area contributed by atoms with Crippen LogP contribution in [0, 0.1) is 5.92 Å². The Bertz CT molecular complexity index is 397. The highest BCUT2D eigenvalue weighted by Gasteiger charge is 2.14. The van der Waals surface area contributed by atoms with Crippen LogP contribution >= 0.6 is 0 Å². The van der Waals surface area contributed by atoms with Gasteiger partial charge in [0.15, 0.2) is 0 Å². The van der Waals surface area contributed by atoms with Crippen molar-refractivity contribution in [2.45, 2.75) is 13.8 Å². The number of nitrogens with one attached hydrogen (secondary N) is 3. The van der Waals surface area contributed by atoms with Gasteiger partial charge in [-0.1, -0.05) is 13.8 Å². The molecule has 0 aromatic rings. The Balaban J connectivity index is 3.96. The number of amides is 4. The van der Waals surface area contributed by atoms with Gasteiger partial charge in [-0.25, -0.2) is 4.79 Å². The number of hydrogen-bond donors (Lipinski definition) is 4. The van der Waals surface area contributed by atoms with E-state index in [-0.39, 0.29) is 19.0 Å². The standard InChI is InChI=1S/C12H22N4O5/c1-8(2)4-13-10(18)7-16(3)12(21)15-5-9(17)14-6-11(19)20/h8H,4-7H2,1-3H3,(H,13,18)(H,14,17)(H,15,21)(H,19,20). The zero-order valence-electron chi connectivity index (χ0n) is 12.4. The number of carboxylic acids is 1. The van der Waals surface area contributed by atoms with Crippen LogP contribution in [0.1, 0.15) is 13.8 Å². The van der Waals surface area contributed by atoms with E-state index in [0.717, 1.165) is 4.90 Å². The second kappa shape index (κ2) is 9.56. The van der Waals surface area contributed by atoms with Crippen LogP contribution in [-0.2, 0) is 14.4 Å². The van der Waals surface area contributed by atoms with Gasteiger partial charge in [0.2, 0.25) is 11.8 Å². The van der Waals surface area contributed by atoms with Crippen LogP contribution in [-0.4, -0.2) is 67.0 Å². The lowest BCUT2D eigenvalue weighted by atomic mass is 10.2. The molecule has 0 aliphatic heterocycles. The van der Waals surface area contributed by atoms with Crippen LogP contribution in [0.25, 0.3) is 0 Å². The quantitative estimate of drug-likeness (QED) is 0.438. The highest BCUT2D eigenvalue weighted by atomic mass is 16.4. The summed E-state index contributed by atoms with van der Waals surface area (Å²) in [6.45, 7) is 3.42. The first-order valence-corrected chi connectivity index (χ1v) is 6.46. The second-order valence-corrected chi connectivity index (χ2v) is 4.88. The van der Waals surface area contributed by atoms with Crippen LogP contribution in [0.5, 0.6) is 0 Å². The third-order valence-electron chi connectivity index (χ3n) is 2.27. The predicted octanol–water partition coefficient (Wildman–Crippen LogP) is -1.40. The predicted molar refractivity (Wildman–Crippen MR) is 74.5 cm³/mol. The molecule has 0 bridgehead atoms. The monoisotopic (exact) mass is 302 g/mol. The van der Waals surface area contributed by atoms with Crippen LogP contribution in [0.4, 0.5) is 4.79 Å². The average molecular weight is 302 g/mol. The van der Waals surface area contributed by atoms with Crippen molar-refractivity contribution in [3.63, 3.8) is 0 Å². The maximum Gasteiger partial charge on any atom is 0.322 e. The largest absolute Gasteiger partial charge is 0.480 e. The third-order valence-corrected chi connectivity index (χ3v) is 2.27. The molecule has 0 radical (unpaired) electrons. The molecule has 0 saturated carbocycles. The van der Waals surface area contributed by atoms with Crippen LogP contribution < -0.4 is 16.0 Å². The first-order chi connectivity index (χ1) is 9.72. The minimum Gasteiger partial charge on any atom is -0.480 e. The van der Waals surface area contributed by atoms with Gasteiger partial charge in [-0.15, -0.1) is 0 Å². The molecule has 0 aromatic heterocycles. The van der Waals surface area contributed by atoms with Gasteiger partial charge in [0.1, 0.15) is 13.1 Å². The van der Waals surface area contributed by atoms with E-state index in [0.29, 0.717) is 12.5 Å². The number of nitrogens with zero attached hydrogens (tertiary/aromatic N) is 1. The Labute approximate surface area is 123 Å². The summed E-state index contributed by atoms with van der Waals surface area (Å²) in [5.74, 6) is -1.78. The van der Waals surface area contributed by atoms with Crippen molar-refractivity contribution < 1.29 is 24.3 Å². The van der Waals surface area contributed by atoms with Gasteiger partial charge in [-0.05, 0) is 5.92 Å². The number of carbonyl (C=O) groups excluding carboxylic acids is 3. The summed E-state index contributed by atoms with van der Waals surface area (Å²) in [4.78, 5) is 45.6. The molecule has 0 rings (SSSR count). The molecule has 9 heteroatoms. The summed E-state index contributed by atoms with van der Waals surface area (Å²) in [5.41, 5.74) is 0. The van der Waals surface area contributed by atoms with E-state index in [9.17, 15) is 19.2 Å². The van der Waals surface area contributed by atoms with Crippen LogP contribution in [0.3, 0.4) is 0 Å². The molecule has 0 atom stereocenters. The molecule has 0 unspecified atom stereocenters. The zero-order valence-corrected chi connectivity index (χ0v) is 12.4. The summed E-state index contributed by atoms with van der Waals surface area (Å²) in [7, 11) is 1.42. The maximum atomic E-state index is 11.6. The van der Waals surface area contributed by atoms with Gasteiger partial charge in [-0.2, -0.15) is 0 Å². The lowest BCUT2D eigenvalue weighted by molar-refractivity contribution is -0.137. The van der Waals surface area contributed by atoms with Gasteiger partial charge in [-0.3, -0.25) is 14.4 Å². The summed E-state index contributed by atoms with van der Waals surface area (Å²) in [6.07, 6.45) is 0. The Morgan fingerprint density at radius 1 is 1.00 bits per heavy atom. The van der Waals surface area contributed by atoms with E-state index in [1.165, 1.54) is 7.05 Å². The molecular weight excluding hydrogens is 280 g/mol. The van der Waals surface area contributed by atoms with Crippen molar-refractivity contribution in [2.24, 2.45) is 5.92 Å². The number of rotatable bonds is 8. The van der Waals surface area contributed by atoms with E-state index < -0.39 is 24.5 Å². The zero-order chi connectivity index (χ0) is 16.4. The number of aliphatic carboxylic acids is 1. The van der Waals surface area contributed by atoms with Crippen molar-refractivity contribution in [2.75, 3.05) is 33.2 Å². The number of carbonyl (C=O) groups is 4. The van der Waals surface area contributed by atoms with Crippen molar-refractivity contribution in [1.82, 2.24) is 20.9 Å². The molecule has 0 aliphatic carbocycles. The Kier molecular flexibility index (Phi) is 8.51. The van der Waals surface area contributed by atoms with E-state index in [4.69, 9.17) is 5.11 Å². The minimum absolute atomic E-state index is 0.130. The van der Waals surface area contributed by atoms with Crippen molar-refractivity contribution in [3.8, 4) is 0 Å². The molecule has 0 spiro atoms. The lowest BCUT2D eigenvalue weighted by Crippen LogP contribution is -2.46. The molecule has 4 amide bonds. The first-order valence-electron chi connectivity index (χ1n) is 6.46. The van der Waals surface area contributed by atoms with Crippen molar-refractivity contribution in [1.29, 1.82) is 0 Å². The number of urea groups is 1. The minimum atomic E-state index is -1.17. The van der Waals surface area contributed by atoms with Crippen LogP contribution in [0.15, 0.2) is 0 Å². The fourth-order valence-electron chi connectivity index (χ4n) is 1.19. The van der Waals surface area contributed by atoms with E-state index in [1.54, 1.807) is 0 Å². The van der Waals surface area contributed by atoms with Gasteiger partial charge in [0, 0.05) is 13.6 Å². The molecule has 0 aromatic carbocycles. The summed E-state index contributed by atoms with van der Waals surface area (Å²) < 4.78 is 0. The Hall–Kier alpha value is -2.32. The molecule has 9 nitrogen and oxygen atoms in total. The number of hydrogen-bond acceptors (Lipinski definition) is 4. The fourth-order valence-corrected chi connectivity index (χ4v) is 1.19. The molecule has 4 N–H and O–H groups in total. The van der Waals surface area contributed by atoms with Gasteiger partial charge in [0.25, 0.3) is 0 Å². The fraction of sp³-hybridized carbons (Fsp3) is 0.667. The molecule has 21 heavy (non-hydrogen) atoms. The van der Waals surface area contributed by atoms with Crippen molar-refractivity contribution >= 4 is 23.8 Å². The highest BCUT2D eigenvalue weighted by molar-refractivity contribution is 5.88. The van der Waals surface area contributed by atoms with Crippen LogP contribution in [0.2, 0.25) is 0 Å². The molecule has 0 aliphatic rings. The third kappa shape index (κ3) is 10.2. The molecular formula is C12H22N4O5. The number of carboxylic acid groups (broad SMARTS) is 1. The van der Waals surface area contributed by atoms with Gasteiger partial charge < -0.3 is 26.0 Å². The number of likely N-dealkylation sites (N-methyl/N-ethyl adjacent to an activating group) is 1. The normalized spacial score (nSPS) is 9.90. The van der Waals surface area contributed by atoms with E-state index >= 15 is 0 Å². The van der Waals surface area contributed by atoms with Crippen molar-refractivity contribution in [3.05, 3.63) is 0 Å². The Morgan fingerprint density at radius 3 is 2.14 bits per heavy atom. The highest BCUT2D eigenvalue weighted by Crippen LogP contribution is 1.88. The lowest BCUT2D eigenvalue weighted by Gasteiger charge is -2.17. The molecule has 0 saturated heterocycles. The molecule has 120 valence electrons. The summed E-state index contributed by atoms with van der Waals surface area (Å²) in [6, 6.07) is -0.597. The summed E-state index contributed by atoms with van der Waals surface area (Å²) in [5, 5.41) is 15.4. The van der Waals surface area contributed by atoms with E-state index in [1.807, 2.05) is 13.8 Å². The first kappa shape index (κ1) is 18.7. The van der Waals surface area contributed by atoms with Gasteiger partial charge in [0.05, 0.1) is 6.54 Å². The maximum absolute atomic E-state index is 11.6.